The second kappa shape index (κ2) is 5.50. The third-order valence-corrected chi connectivity index (χ3v) is 4.30. The van der Waals surface area contributed by atoms with Crippen molar-refractivity contribution in [3.05, 3.63) is 29.1 Å². The van der Waals surface area contributed by atoms with E-state index in [1.165, 1.54) is 16.6 Å². The maximum absolute atomic E-state index is 8.64. The first-order valence-electron chi connectivity index (χ1n) is 7.67. The van der Waals surface area contributed by atoms with E-state index in [0.717, 1.165) is 37.4 Å². The molecule has 2 heterocycles. The summed E-state index contributed by atoms with van der Waals surface area (Å²) in [6.07, 6.45) is 1.61. The number of hydrogen-bond acceptors (Lipinski definition) is 3. The Bertz CT molecular complexity index is 706. The van der Waals surface area contributed by atoms with Crippen LogP contribution < -0.4 is 0 Å². The topological polar surface area (TPSA) is 44.9 Å². The van der Waals surface area contributed by atoms with Crippen molar-refractivity contribution in [2.75, 3.05) is 6.54 Å². The predicted octanol–water partition coefficient (Wildman–Crippen LogP) is 3.32. The highest BCUT2D eigenvalue weighted by Gasteiger charge is 2.21. The molecule has 0 spiro atoms. The standard InChI is InChI=1S/C17H22N4/c1-12(2)17-19-15-8-13-10-21(7-5-4-6-18)11-14(13)9-16(15)20(17)3/h8-9,12H,4-5,7,10-11H2,1-3H3. The maximum atomic E-state index is 8.64. The van der Waals surface area contributed by atoms with Gasteiger partial charge in [0.15, 0.2) is 0 Å². The van der Waals surface area contributed by atoms with Crippen LogP contribution in [0.2, 0.25) is 0 Å². The van der Waals surface area contributed by atoms with Crippen LogP contribution in [0.1, 0.15) is 49.6 Å². The van der Waals surface area contributed by atoms with Crippen LogP contribution in [0.4, 0.5) is 0 Å². The van der Waals surface area contributed by atoms with Crippen molar-refractivity contribution in [3.8, 4) is 6.07 Å². The Morgan fingerprint density at radius 2 is 2.00 bits per heavy atom. The Morgan fingerprint density at radius 1 is 1.29 bits per heavy atom. The predicted molar refractivity (Wildman–Crippen MR) is 83.8 cm³/mol. The van der Waals surface area contributed by atoms with Gasteiger partial charge in [-0.3, -0.25) is 4.90 Å². The Kier molecular flexibility index (Phi) is 3.69. The van der Waals surface area contributed by atoms with E-state index < -0.39 is 0 Å². The SMILES string of the molecule is CC(C)c1nc2cc3c(cc2n1C)CN(CCCC#N)C3. The Hall–Kier alpha value is -1.86. The minimum absolute atomic E-state index is 0.444. The van der Waals surface area contributed by atoms with Gasteiger partial charge in [-0.2, -0.15) is 5.26 Å². The lowest BCUT2D eigenvalue weighted by atomic mass is 10.1. The van der Waals surface area contributed by atoms with Gasteiger partial charge in [0.05, 0.1) is 17.1 Å². The molecule has 2 aromatic rings. The molecule has 21 heavy (non-hydrogen) atoms. The zero-order valence-corrected chi connectivity index (χ0v) is 13.1. The molecule has 4 heteroatoms. The summed E-state index contributed by atoms with van der Waals surface area (Å²) in [4.78, 5) is 7.21. The lowest BCUT2D eigenvalue weighted by molar-refractivity contribution is 0.281. The molecule has 0 amide bonds. The average molecular weight is 282 g/mol. The lowest BCUT2D eigenvalue weighted by Gasteiger charge is -2.12. The quantitative estimate of drug-likeness (QED) is 0.808. The van der Waals surface area contributed by atoms with Crippen LogP contribution in [0.3, 0.4) is 0 Å². The van der Waals surface area contributed by atoms with Crippen molar-refractivity contribution in [3.63, 3.8) is 0 Å². The van der Waals surface area contributed by atoms with E-state index in [0.29, 0.717) is 12.3 Å². The van der Waals surface area contributed by atoms with Gasteiger partial charge in [0.1, 0.15) is 5.82 Å². The molecule has 0 aliphatic carbocycles. The summed E-state index contributed by atoms with van der Waals surface area (Å²) in [6.45, 7) is 7.37. The molecule has 4 nitrogen and oxygen atoms in total. The van der Waals surface area contributed by atoms with Gasteiger partial charge in [-0.05, 0) is 36.2 Å². The molecule has 1 aliphatic rings. The molecule has 0 atom stereocenters. The van der Waals surface area contributed by atoms with E-state index in [2.05, 4.69) is 48.6 Å². The first kappa shape index (κ1) is 14.1. The maximum Gasteiger partial charge on any atom is 0.112 e. The van der Waals surface area contributed by atoms with Gasteiger partial charge < -0.3 is 4.57 Å². The van der Waals surface area contributed by atoms with Gasteiger partial charge in [-0.1, -0.05) is 13.8 Å². The molecule has 0 saturated carbocycles. The van der Waals surface area contributed by atoms with Gasteiger partial charge >= 0.3 is 0 Å². The van der Waals surface area contributed by atoms with E-state index in [1.54, 1.807) is 0 Å². The number of unbranched alkanes of at least 4 members (excludes halogenated alkanes) is 1. The normalized spacial score (nSPS) is 14.8. The number of nitrogens with zero attached hydrogens (tertiary/aromatic N) is 4. The summed E-state index contributed by atoms with van der Waals surface area (Å²) in [5, 5.41) is 8.64. The van der Waals surface area contributed by atoms with Crippen LogP contribution in [0.25, 0.3) is 11.0 Å². The molecule has 1 aromatic carbocycles. The average Bonchev–Trinajstić information content (AvgIpc) is 2.98. The van der Waals surface area contributed by atoms with Crippen molar-refractivity contribution in [1.82, 2.24) is 14.5 Å². The van der Waals surface area contributed by atoms with Crippen molar-refractivity contribution < 1.29 is 0 Å². The van der Waals surface area contributed by atoms with Crippen molar-refractivity contribution in [2.24, 2.45) is 7.05 Å². The monoisotopic (exact) mass is 282 g/mol. The third-order valence-electron chi connectivity index (χ3n) is 4.30. The first-order chi connectivity index (χ1) is 10.1. The first-order valence-corrected chi connectivity index (χ1v) is 7.67. The highest BCUT2D eigenvalue weighted by Crippen LogP contribution is 2.29. The van der Waals surface area contributed by atoms with Crippen LogP contribution in [0.15, 0.2) is 12.1 Å². The van der Waals surface area contributed by atoms with Gasteiger partial charge in [0.2, 0.25) is 0 Å². The number of imidazole rings is 1. The number of hydrogen-bond donors (Lipinski definition) is 0. The minimum Gasteiger partial charge on any atom is -0.331 e. The summed E-state index contributed by atoms with van der Waals surface area (Å²) in [5.41, 5.74) is 5.15. The fourth-order valence-corrected chi connectivity index (χ4v) is 3.23. The third kappa shape index (κ3) is 2.54. The molecule has 0 fully saturated rings. The lowest BCUT2D eigenvalue weighted by Crippen LogP contribution is -2.17. The van der Waals surface area contributed by atoms with E-state index in [4.69, 9.17) is 10.2 Å². The van der Waals surface area contributed by atoms with Gasteiger partial charge in [-0.15, -0.1) is 0 Å². The molecule has 0 unspecified atom stereocenters. The summed E-state index contributed by atoms with van der Waals surface area (Å²) in [6, 6.07) is 6.77. The number of benzene rings is 1. The molecule has 0 radical (unpaired) electrons. The zero-order valence-electron chi connectivity index (χ0n) is 13.1. The number of nitriles is 1. The zero-order chi connectivity index (χ0) is 15.0. The van der Waals surface area contributed by atoms with Crippen LogP contribution in [0, 0.1) is 11.3 Å². The van der Waals surface area contributed by atoms with Crippen LogP contribution in [-0.4, -0.2) is 21.0 Å². The number of rotatable bonds is 4. The number of aromatic nitrogens is 2. The van der Waals surface area contributed by atoms with Crippen LogP contribution in [-0.2, 0) is 20.1 Å². The van der Waals surface area contributed by atoms with E-state index >= 15 is 0 Å². The fraction of sp³-hybridized carbons (Fsp3) is 0.529. The molecule has 0 saturated heterocycles. The van der Waals surface area contributed by atoms with Crippen molar-refractivity contribution >= 4 is 11.0 Å². The Morgan fingerprint density at radius 3 is 2.67 bits per heavy atom. The molecule has 0 bridgehead atoms. The number of fused-ring (bicyclic) bond motifs is 2. The number of aryl methyl sites for hydroxylation is 1. The van der Waals surface area contributed by atoms with E-state index in [1.807, 2.05) is 0 Å². The highest BCUT2D eigenvalue weighted by molar-refractivity contribution is 5.78. The Labute approximate surface area is 126 Å². The van der Waals surface area contributed by atoms with Crippen LogP contribution in [0.5, 0.6) is 0 Å². The van der Waals surface area contributed by atoms with Crippen molar-refractivity contribution in [1.29, 1.82) is 5.26 Å². The summed E-state index contributed by atoms with van der Waals surface area (Å²) in [7, 11) is 2.11. The smallest absolute Gasteiger partial charge is 0.112 e. The molecular formula is C17H22N4. The molecule has 1 aromatic heterocycles. The molecule has 110 valence electrons. The van der Waals surface area contributed by atoms with Gasteiger partial charge in [0.25, 0.3) is 0 Å². The minimum atomic E-state index is 0.444. The summed E-state index contributed by atoms with van der Waals surface area (Å²) in [5.74, 6) is 1.60. The largest absolute Gasteiger partial charge is 0.331 e. The highest BCUT2D eigenvalue weighted by atomic mass is 15.1. The molecule has 3 rings (SSSR count). The fourth-order valence-electron chi connectivity index (χ4n) is 3.23. The molecule has 1 aliphatic heterocycles. The van der Waals surface area contributed by atoms with Gasteiger partial charge in [0, 0.05) is 32.5 Å². The molecular weight excluding hydrogens is 260 g/mol. The van der Waals surface area contributed by atoms with Crippen LogP contribution >= 0.6 is 0 Å². The van der Waals surface area contributed by atoms with E-state index in [-0.39, 0.29) is 0 Å². The van der Waals surface area contributed by atoms with E-state index in [9.17, 15) is 0 Å². The Balaban J connectivity index is 1.86. The van der Waals surface area contributed by atoms with Crippen molar-refractivity contribution in [2.45, 2.75) is 45.7 Å². The second-order valence-electron chi connectivity index (χ2n) is 6.27. The van der Waals surface area contributed by atoms with Gasteiger partial charge in [-0.25, -0.2) is 4.98 Å². The second-order valence-corrected chi connectivity index (χ2v) is 6.27. The summed E-state index contributed by atoms with van der Waals surface area (Å²) >= 11 is 0. The summed E-state index contributed by atoms with van der Waals surface area (Å²) < 4.78 is 2.22. The molecule has 0 N–H and O–H groups in total.